The van der Waals surface area contributed by atoms with Gasteiger partial charge >= 0.3 is 0 Å². The normalized spacial score (nSPS) is 11.8. The average molecular weight is 634 g/mol. The molecule has 0 saturated carbocycles. The van der Waals surface area contributed by atoms with E-state index in [0.29, 0.717) is 0 Å². The highest BCUT2D eigenvalue weighted by Gasteiger charge is 2.19. The van der Waals surface area contributed by atoms with Crippen LogP contribution in [0.15, 0.2) is 164 Å². The third-order valence-corrected chi connectivity index (χ3v) is 11.8. The summed E-state index contributed by atoms with van der Waals surface area (Å²) in [5, 5.41) is 10.4. The van der Waals surface area contributed by atoms with Crippen LogP contribution < -0.4 is 4.90 Å². The lowest BCUT2D eigenvalue weighted by Gasteiger charge is -2.26. The first-order valence-corrected chi connectivity index (χ1v) is 17.6. The van der Waals surface area contributed by atoms with Gasteiger partial charge in [0.1, 0.15) is 0 Å². The fraction of sp³-hybridized carbons (Fsp3) is 0. The molecule has 0 bridgehead atoms. The van der Waals surface area contributed by atoms with Crippen molar-refractivity contribution in [3.8, 4) is 11.1 Å². The van der Waals surface area contributed by atoms with Crippen molar-refractivity contribution in [3.63, 3.8) is 0 Å². The molecule has 0 aliphatic rings. The number of anilines is 3. The molecule has 47 heavy (non-hydrogen) atoms. The molecular weight excluding hydrogens is 607 g/mol. The minimum atomic E-state index is 1.15. The molecule has 0 amide bonds. The van der Waals surface area contributed by atoms with E-state index in [1.807, 2.05) is 22.7 Å². The maximum absolute atomic E-state index is 2.45. The Morgan fingerprint density at radius 3 is 1.85 bits per heavy atom. The van der Waals surface area contributed by atoms with E-state index in [9.17, 15) is 0 Å². The Morgan fingerprint density at radius 1 is 0.319 bits per heavy atom. The molecule has 0 radical (unpaired) electrons. The molecule has 220 valence electrons. The summed E-state index contributed by atoms with van der Waals surface area (Å²) in [6, 6.07) is 60.0. The third kappa shape index (κ3) is 4.21. The van der Waals surface area contributed by atoms with Gasteiger partial charge in [0.15, 0.2) is 0 Å². The molecule has 10 aromatic rings. The van der Waals surface area contributed by atoms with Gasteiger partial charge in [-0.15, -0.1) is 22.7 Å². The van der Waals surface area contributed by atoms with Crippen LogP contribution in [-0.4, -0.2) is 0 Å². The summed E-state index contributed by atoms with van der Waals surface area (Å²) in [6.45, 7) is 0. The summed E-state index contributed by atoms with van der Waals surface area (Å²) >= 11 is 3.80. The van der Waals surface area contributed by atoms with Crippen molar-refractivity contribution in [2.45, 2.75) is 0 Å². The van der Waals surface area contributed by atoms with Crippen molar-refractivity contribution in [2.75, 3.05) is 4.90 Å². The lowest BCUT2D eigenvalue weighted by Crippen LogP contribution is -2.09. The van der Waals surface area contributed by atoms with Crippen molar-refractivity contribution in [2.24, 2.45) is 0 Å². The number of fused-ring (bicyclic) bond motifs is 9. The largest absolute Gasteiger partial charge is 0.310 e. The molecule has 8 aromatic carbocycles. The van der Waals surface area contributed by atoms with Gasteiger partial charge in [-0.2, -0.15) is 0 Å². The van der Waals surface area contributed by atoms with Gasteiger partial charge in [-0.05, 0) is 70.3 Å². The first-order valence-electron chi connectivity index (χ1n) is 15.9. The van der Waals surface area contributed by atoms with Crippen LogP contribution in [-0.2, 0) is 0 Å². The van der Waals surface area contributed by atoms with Crippen LogP contribution in [0.4, 0.5) is 17.1 Å². The Hall–Kier alpha value is -5.48. The van der Waals surface area contributed by atoms with Crippen molar-refractivity contribution in [1.82, 2.24) is 0 Å². The Morgan fingerprint density at radius 2 is 0.957 bits per heavy atom. The monoisotopic (exact) mass is 633 g/mol. The molecule has 0 unspecified atom stereocenters. The molecule has 3 heteroatoms. The highest BCUT2D eigenvalue weighted by Crippen LogP contribution is 2.47. The minimum absolute atomic E-state index is 1.15. The Kier molecular flexibility index (Phi) is 5.98. The fourth-order valence-corrected chi connectivity index (χ4v) is 9.73. The predicted octanol–water partition coefficient (Wildman–Crippen LogP) is 13.9. The Balaban J connectivity index is 1.20. The summed E-state index contributed by atoms with van der Waals surface area (Å²) in [4.78, 5) is 2.38. The van der Waals surface area contributed by atoms with E-state index < -0.39 is 0 Å². The number of benzene rings is 8. The summed E-state index contributed by atoms with van der Waals surface area (Å²) < 4.78 is 5.33. The fourth-order valence-electron chi connectivity index (χ4n) is 7.25. The van der Waals surface area contributed by atoms with Gasteiger partial charge < -0.3 is 4.90 Å². The summed E-state index contributed by atoms with van der Waals surface area (Å²) in [6.07, 6.45) is 0. The van der Waals surface area contributed by atoms with E-state index in [4.69, 9.17) is 0 Å². The number of rotatable bonds is 4. The zero-order chi connectivity index (χ0) is 30.9. The van der Waals surface area contributed by atoms with E-state index in [1.54, 1.807) is 0 Å². The van der Waals surface area contributed by atoms with E-state index in [1.165, 1.54) is 73.0 Å². The molecular formula is C44H27NS2. The standard InChI is InChI=1S/C44H27NS2/c1-2-13-30(14-3-1)45(31-22-21-28-11-4-5-12-29(28)25-31)32-23-24-35-40-27-39(33-15-6-7-17-36(33)44(40)47-42(35)26-32)38-19-10-18-37-34-16-8-9-20-41(34)46-43(37)38/h1-27H. The number of nitrogens with zero attached hydrogens (tertiary/aromatic N) is 1. The van der Waals surface area contributed by atoms with Crippen LogP contribution in [0.5, 0.6) is 0 Å². The highest BCUT2D eigenvalue weighted by atomic mass is 32.1. The summed E-state index contributed by atoms with van der Waals surface area (Å²) in [5.41, 5.74) is 6.07. The number of thiophene rings is 2. The second kappa shape index (κ2) is 10.5. The van der Waals surface area contributed by atoms with Crippen molar-refractivity contribution in [1.29, 1.82) is 0 Å². The van der Waals surface area contributed by atoms with Crippen molar-refractivity contribution in [3.05, 3.63) is 164 Å². The maximum Gasteiger partial charge on any atom is 0.0476 e. The molecule has 0 N–H and O–H groups in total. The van der Waals surface area contributed by atoms with Crippen molar-refractivity contribution < 1.29 is 0 Å². The van der Waals surface area contributed by atoms with Crippen LogP contribution >= 0.6 is 22.7 Å². The van der Waals surface area contributed by atoms with E-state index >= 15 is 0 Å². The second-order valence-electron chi connectivity index (χ2n) is 12.1. The lowest BCUT2D eigenvalue weighted by molar-refractivity contribution is 1.30. The topological polar surface area (TPSA) is 3.24 Å². The van der Waals surface area contributed by atoms with Crippen LogP contribution in [0, 0.1) is 0 Å². The zero-order valence-electron chi connectivity index (χ0n) is 25.4. The third-order valence-electron chi connectivity index (χ3n) is 9.42. The highest BCUT2D eigenvalue weighted by molar-refractivity contribution is 7.27. The van der Waals surface area contributed by atoms with Crippen molar-refractivity contribution >= 4 is 102 Å². The van der Waals surface area contributed by atoms with E-state index in [0.717, 1.165) is 17.1 Å². The quantitative estimate of drug-likeness (QED) is 0.186. The maximum atomic E-state index is 2.45. The van der Waals surface area contributed by atoms with E-state index in [2.05, 4.69) is 169 Å². The number of para-hydroxylation sites is 1. The smallest absolute Gasteiger partial charge is 0.0476 e. The van der Waals surface area contributed by atoms with Gasteiger partial charge in [0.05, 0.1) is 0 Å². The average Bonchev–Trinajstić information content (AvgIpc) is 3.70. The Bertz CT molecular complexity index is 2810. The number of hydrogen-bond donors (Lipinski definition) is 0. The molecule has 0 saturated heterocycles. The van der Waals surface area contributed by atoms with Gasteiger partial charge in [0, 0.05) is 68.4 Å². The van der Waals surface area contributed by atoms with Crippen LogP contribution in [0.2, 0.25) is 0 Å². The predicted molar refractivity (Wildman–Crippen MR) is 207 cm³/mol. The molecule has 10 rings (SSSR count). The van der Waals surface area contributed by atoms with E-state index in [-0.39, 0.29) is 0 Å². The first kappa shape index (κ1) is 26.7. The molecule has 0 aliphatic carbocycles. The molecule has 2 aromatic heterocycles. The second-order valence-corrected chi connectivity index (χ2v) is 14.2. The molecule has 2 heterocycles. The van der Waals surface area contributed by atoms with Crippen LogP contribution in [0.1, 0.15) is 0 Å². The summed E-state index contributed by atoms with van der Waals surface area (Å²) in [7, 11) is 0. The van der Waals surface area contributed by atoms with Crippen LogP contribution in [0.3, 0.4) is 0 Å². The molecule has 1 nitrogen and oxygen atoms in total. The number of hydrogen-bond acceptors (Lipinski definition) is 3. The zero-order valence-corrected chi connectivity index (χ0v) is 27.0. The summed E-state index contributed by atoms with van der Waals surface area (Å²) in [5.74, 6) is 0. The molecule has 0 fully saturated rings. The first-order chi connectivity index (χ1) is 23.3. The molecule has 0 spiro atoms. The van der Waals surface area contributed by atoms with Crippen LogP contribution in [0.25, 0.3) is 73.0 Å². The van der Waals surface area contributed by atoms with Gasteiger partial charge in [-0.1, -0.05) is 115 Å². The molecule has 0 atom stereocenters. The van der Waals surface area contributed by atoms with Gasteiger partial charge in [0.2, 0.25) is 0 Å². The van der Waals surface area contributed by atoms with Gasteiger partial charge in [-0.3, -0.25) is 0 Å². The lowest BCUT2D eigenvalue weighted by atomic mass is 9.94. The van der Waals surface area contributed by atoms with Gasteiger partial charge in [0.25, 0.3) is 0 Å². The SMILES string of the molecule is c1ccc(N(c2ccc3ccccc3c2)c2ccc3c(c2)sc2c4ccccc4c(-c4cccc5c4sc4ccccc45)cc32)cc1. The van der Waals surface area contributed by atoms with Gasteiger partial charge in [-0.25, -0.2) is 0 Å². The molecule has 0 aliphatic heterocycles. The Labute approximate surface area is 280 Å². The minimum Gasteiger partial charge on any atom is -0.310 e.